The van der Waals surface area contributed by atoms with Crippen LogP contribution in [0.2, 0.25) is 10.0 Å². The molecule has 1 N–H and O–H groups in total. The summed E-state index contributed by atoms with van der Waals surface area (Å²) >= 11 is 11.8. The number of ether oxygens (including phenoxy) is 2. The van der Waals surface area contributed by atoms with Crippen LogP contribution < -0.4 is 14.9 Å². The number of nitrogens with one attached hydrogen (secondary N) is 1. The summed E-state index contributed by atoms with van der Waals surface area (Å²) in [6, 6.07) is 7.36. The van der Waals surface area contributed by atoms with E-state index in [1.807, 2.05) is 25.1 Å². The Bertz CT molecular complexity index is 720. The van der Waals surface area contributed by atoms with Crippen LogP contribution in [0.3, 0.4) is 0 Å². The molecule has 2 aromatic rings. The predicted octanol–water partition coefficient (Wildman–Crippen LogP) is 4.44. The van der Waals surface area contributed by atoms with Crippen molar-refractivity contribution in [1.82, 2.24) is 4.98 Å². The van der Waals surface area contributed by atoms with Crippen LogP contribution in [0.25, 0.3) is 0 Å². The van der Waals surface area contributed by atoms with Crippen LogP contribution in [0.4, 0.5) is 5.82 Å². The molecular weight excluding hydrogens is 337 g/mol. The zero-order valence-electron chi connectivity index (χ0n) is 13.1. The van der Waals surface area contributed by atoms with E-state index in [4.69, 9.17) is 32.7 Å². The van der Waals surface area contributed by atoms with Crippen molar-refractivity contribution in [2.45, 2.75) is 13.3 Å². The Kier molecular flexibility index (Phi) is 6.07. The normalized spacial score (nSPS) is 11.3. The monoisotopic (exact) mass is 353 g/mol. The van der Waals surface area contributed by atoms with Crippen LogP contribution in [0.1, 0.15) is 12.5 Å². The molecule has 0 fully saturated rings. The number of hydrazone groups is 1. The minimum absolute atomic E-state index is 0.417. The summed E-state index contributed by atoms with van der Waals surface area (Å²) in [4.78, 5) is 4.09. The molecule has 0 unspecified atom stereocenters. The Morgan fingerprint density at radius 2 is 1.91 bits per heavy atom. The van der Waals surface area contributed by atoms with Gasteiger partial charge in [-0.05, 0) is 30.7 Å². The van der Waals surface area contributed by atoms with Crippen molar-refractivity contribution in [3.8, 4) is 11.5 Å². The second-order valence-electron chi connectivity index (χ2n) is 4.81. The highest BCUT2D eigenvalue weighted by Crippen LogP contribution is 2.28. The Hall–Kier alpha value is -1.98. The zero-order chi connectivity index (χ0) is 16.8. The number of halogens is 2. The van der Waals surface area contributed by atoms with Gasteiger partial charge in [0.05, 0.1) is 24.3 Å². The van der Waals surface area contributed by atoms with E-state index in [-0.39, 0.29) is 0 Å². The van der Waals surface area contributed by atoms with Gasteiger partial charge in [-0.15, -0.1) is 0 Å². The third-order valence-corrected chi connectivity index (χ3v) is 3.56. The van der Waals surface area contributed by atoms with Crippen LogP contribution in [0, 0.1) is 0 Å². The Morgan fingerprint density at radius 1 is 1.17 bits per heavy atom. The van der Waals surface area contributed by atoms with Gasteiger partial charge in [0, 0.05) is 18.3 Å². The summed E-state index contributed by atoms with van der Waals surface area (Å²) in [5.41, 5.74) is 4.76. The van der Waals surface area contributed by atoms with Gasteiger partial charge in [-0.1, -0.05) is 29.3 Å². The average molecular weight is 354 g/mol. The quantitative estimate of drug-likeness (QED) is 0.616. The minimum Gasteiger partial charge on any atom is -0.493 e. The number of pyridine rings is 1. The zero-order valence-corrected chi connectivity index (χ0v) is 14.6. The average Bonchev–Trinajstić information content (AvgIpc) is 2.54. The highest BCUT2D eigenvalue weighted by molar-refractivity contribution is 6.35. The molecule has 5 nitrogen and oxygen atoms in total. The largest absolute Gasteiger partial charge is 0.493 e. The van der Waals surface area contributed by atoms with Crippen LogP contribution in [-0.2, 0) is 6.42 Å². The molecule has 122 valence electrons. The topological polar surface area (TPSA) is 55.7 Å². The highest BCUT2D eigenvalue weighted by atomic mass is 35.5. The number of hydrogen-bond donors (Lipinski definition) is 1. The second kappa shape index (κ2) is 8.04. The first kappa shape index (κ1) is 17.4. The lowest BCUT2D eigenvalue weighted by Gasteiger charge is -2.09. The SMILES string of the molecule is COc1ccc(C/C(C)=N\Nc2ncc(Cl)cc2Cl)cc1OC. The third-order valence-electron chi connectivity index (χ3n) is 3.07. The molecule has 0 saturated carbocycles. The van der Waals surface area contributed by atoms with Gasteiger partial charge < -0.3 is 9.47 Å². The van der Waals surface area contributed by atoms with Crippen molar-refractivity contribution >= 4 is 34.7 Å². The fourth-order valence-corrected chi connectivity index (χ4v) is 2.39. The maximum atomic E-state index is 6.04. The smallest absolute Gasteiger partial charge is 0.165 e. The lowest BCUT2D eigenvalue weighted by atomic mass is 10.1. The van der Waals surface area contributed by atoms with E-state index in [2.05, 4.69) is 15.5 Å². The first-order valence-electron chi connectivity index (χ1n) is 6.84. The first-order chi connectivity index (χ1) is 11.0. The minimum atomic E-state index is 0.417. The second-order valence-corrected chi connectivity index (χ2v) is 5.65. The number of rotatable bonds is 6. The lowest BCUT2D eigenvalue weighted by Crippen LogP contribution is -2.03. The van der Waals surface area contributed by atoms with Gasteiger partial charge in [0.15, 0.2) is 17.3 Å². The molecule has 0 atom stereocenters. The molecule has 23 heavy (non-hydrogen) atoms. The summed E-state index contributed by atoms with van der Waals surface area (Å²) in [5.74, 6) is 1.84. The van der Waals surface area contributed by atoms with Gasteiger partial charge in [-0.25, -0.2) is 4.98 Å². The molecule has 1 aromatic heterocycles. The first-order valence-corrected chi connectivity index (χ1v) is 7.60. The standard InChI is InChI=1S/C16H17Cl2N3O2/c1-10(20-21-16-13(18)8-12(17)9-19-16)6-11-4-5-14(22-2)15(7-11)23-3/h4-5,7-9H,6H2,1-3H3,(H,19,21)/b20-10-. The fraction of sp³-hybridized carbons (Fsp3) is 0.250. The van der Waals surface area contributed by atoms with Gasteiger partial charge >= 0.3 is 0 Å². The molecule has 2 rings (SSSR count). The van der Waals surface area contributed by atoms with E-state index in [0.29, 0.717) is 33.8 Å². The molecular formula is C16H17Cl2N3O2. The van der Waals surface area contributed by atoms with Crippen molar-refractivity contribution < 1.29 is 9.47 Å². The summed E-state index contributed by atoms with van der Waals surface area (Å²) in [5, 5.41) is 5.18. The molecule has 1 aromatic carbocycles. The fourth-order valence-electron chi connectivity index (χ4n) is 1.97. The van der Waals surface area contributed by atoms with Gasteiger partial charge in [-0.2, -0.15) is 5.10 Å². The van der Waals surface area contributed by atoms with Gasteiger partial charge in [0.2, 0.25) is 0 Å². The molecule has 0 aliphatic heterocycles. The van der Waals surface area contributed by atoms with Gasteiger partial charge in [0.25, 0.3) is 0 Å². The van der Waals surface area contributed by atoms with E-state index >= 15 is 0 Å². The van der Waals surface area contributed by atoms with Crippen LogP contribution in [-0.4, -0.2) is 24.9 Å². The molecule has 0 spiro atoms. The number of methoxy groups -OCH3 is 2. The predicted molar refractivity (Wildman–Crippen MR) is 94.2 cm³/mol. The van der Waals surface area contributed by atoms with E-state index in [1.165, 1.54) is 6.20 Å². The Morgan fingerprint density at radius 3 is 2.57 bits per heavy atom. The molecule has 0 aliphatic carbocycles. The maximum absolute atomic E-state index is 6.04. The number of benzene rings is 1. The molecule has 0 amide bonds. The molecule has 0 aliphatic rings. The number of nitrogens with zero attached hydrogens (tertiary/aromatic N) is 2. The van der Waals surface area contributed by atoms with E-state index in [1.54, 1.807) is 20.3 Å². The van der Waals surface area contributed by atoms with Crippen LogP contribution in [0.15, 0.2) is 35.6 Å². The highest BCUT2D eigenvalue weighted by Gasteiger charge is 2.06. The van der Waals surface area contributed by atoms with Gasteiger partial charge in [0.1, 0.15) is 0 Å². The number of anilines is 1. The molecule has 1 heterocycles. The number of aromatic nitrogens is 1. The molecule has 0 saturated heterocycles. The van der Waals surface area contributed by atoms with Crippen LogP contribution in [0.5, 0.6) is 11.5 Å². The molecule has 0 radical (unpaired) electrons. The molecule has 0 bridgehead atoms. The maximum Gasteiger partial charge on any atom is 0.165 e. The molecule has 7 heteroatoms. The third kappa shape index (κ3) is 4.74. The van der Waals surface area contributed by atoms with Crippen LogP contribution >= 0.6 is 23.2 Å². The summed E-state index contributed by atoms with van der Waals surface area (Å²) in [6.07, 6.45) is 2.16. The van der Waals surface area contributed by atoms with E-state index in [0.717, 1.165) is 11.3 Å². The Labute approximate surface area is 145 Å². The Balaban J connectivity index is 2.07. The van der Waals surface area contributed by atoms with Crippen molar-refractivity contribution in [2.75, 3.05) is 19.6 Å². The lowest BCUT2D eigenvalue weighted by molar-refractivity contribution is 0.354. The van der Waals surface area contributed by atoms with E-state index < -0.39 is 0 Å². The summed E-state index contributed by atoms with van der Waals surface area (Å²) in [6.45, 7) is 1.91. The van der Waals surface area contributed by atoms with Crippen molar-refractivity contribution in [3.05, 3.63) is 46.1 Å². The van der Waals surface area contributed by atoms with Crippen molar-refractivity contribution in [2.24, 2.45) is 5.10 Å². The summed E-state index contributed by atoms with van der Waals surface area (Å²) < 4.78 is 10.5. The summed E-state index contributed by atoms with van der Waals surface area (Å²) in [7, 11) is 3.22. The van der Waals surface area contributed by atoms with E-state index in [9.17, 15) is 0 Å². The number of hydrogen-bond acceptors (Lipinski definition) is 5. The van der Waals surface area contributed by atoms with Crippen molar-refractivity contribution in [3.63, 3.8) is 0 Å². The van der Waals surface area contributed by atoms with Gasteiger partial charge in [-0.3, -0.25) is 5.43 Å². The van der Waals surface area contributed by atoms with Crippen molar-refractivity contribution in [1.29, 1.82) is 0 Å².